The van der Waals surface area contributed by atoms with E-state index in [-0.39, 0.29) is 220 Å². The minimum Gasteiger partial charge on any atom is 0 e. The molecule has 32 valence electrons. The van der Waals surface area contributed by atoms with Crippen molar-refractivity contribution in [2.45, 2.75) is 0 Å². The molecule has 0 amide bonds. The summed E-state index contributed by atoms with van der Waals surface area (Å²) in [7, 11) is 0. The van der Waals surface area contributed by atoms with Gasteiger partial charge in [0, 0.05) is 220 Å². The Morgan fingerprint density at radius 2 is 1.00 bits per heavy atom. The molecule has 0 atom stereocenters. The summed E-state index contributed by atoms with van der Waals surface area (Å²) in [5.41, 5.74) is 0. The Morgan fingerprint density at radius 1 is 1.00 bits per heavy atom. The molecular formula is CeEuNdPrYb. The van der Waals surface area contributed by atoms with E-state index in [0.29, 0.717) is 0 Å². The molecule has 0 aliphatic heterocycles. The van der Waals surface area contributed by atoms with E-state index in [4.69, 9.17) is 0 Å². The maximum Gasteiger partial charge on any atom is 0 e. The summed E-state index contributed by atoms with van der Waals surface area (Å²) in [6, 6.07) is 0. The Morgan fingerprint density at radius 3 is 1.00 bits per heavy atom. The Bertz CT molecular complexity index is 11.6. The van der Waals surface area contributed by atoms with Gasteiger partial charge in [0.25, 0.3) is 0 Å². The van der Waals surface area contributed by atoms with E-state index in [9.17, 15) is 0 Å². The van der Waals surface area contributed by atoms with Crippen LogP contribution in [-0.2, 0) is 0 Å². The third kappa shape index (κ3) is 18.3. The second-order valence-electron chi connectivity index (χ2n) is 0. The molecule has 0 unspecified atom stereocenters. The monoisotopic (exact) mass is 750 g/mol. The zero-order chi connectivity index (χ0) is 0. The van der Waals surface area contributed by atoms with Crippen molar-refractivity contribution in [3.05, 3.63) is 0 Å². The maximum absolute atomic E-state index is 0. The molecule has 0 aromatic carbocycles. The Hall–Kier alpha value is 7.19. The van der Waals surface area contributed by atoms with Crippen molar-refractivity contribution >= 4 is 0 Å². The van der Waals surface area contributed by atoms with Crippen molar-refractivity contribution in [3.63, 3.8) is 0 Å². The van der Waals surface area contributed by atoms with E-state index in [2.05, 4.69) is 0 Å². The molecule has 2 radical (unpaired) electrons. The van der Waals surface area contributed by atoms with Gasteiger partial charge in [-0.05, 0) is 0 Å². The topological polar surface area (TPSA) is 0 Å². The molecule has 0 nitrogen and oxygen atoms in total. The van der Waals surface area contributed by atoms with E-state index < -0.39 is 0 Å². The molecule has 0 aliphatic carbocycles. The van der Waals surface area contributed by atoms with Gasteiger partial charge in [-0.15, -0.1) is 0 Å². The summed E-state index contributed by atoms with van der Waals surface area (Å²) in [4.78, 5) is 0. The molecule has 0 saturated heterocycles. The molecule has 0 heterocycles. The van der Waals surface area contributed by atoms with Gasteiger partial charge in [0.2, 0.25) is 0 Å². The second-order valence-corrected chi connectivity index (χ2v) is 0. The van der Waals surface area contributed by atoms with Crippen LogP contribution in [0.1, 0.15) is 0 Å². The molecule has 0 aromatic heterocycles. The zero-order valence-corrected chi connectivity index (χ0v) is 16.4. The molecule has 0 rings (SSSR count). The zero-order valence-electron chi connectivity index (χ0n) is 2.22. The maximum atomic E-state index is 0. The van der Waals surface area contributed by atoms with E-state index in [1.54, 1.807) is 0 Å². The van der Waals surface area contributed by atoms with E-state index in [1.807, 2.05) is 0 Å². The van der Waals surface area contributed by atoms with E-state index >= 15 is 0 Å². The van der Waals surface area contributed by atoms with Crippen LogP contribution >= 0.6 is 0 Å². The molecule has 0 aromatic rings. The largest absolute Gasteiger partial charge is 0 e. The fraction of sp³-hybridized carbons (Fsp3) is 0. The van der Waals surface area contributed by atoms with Crippen molar-refractivity contribution in [2.24, 2.45) is 0 Å². The summed E-state index contributed by atoms with van der Waals surface area (Å²) in [6.45, 7) is 0. The summed E-state index contributed by atoms with van der Waals surface area (Å²) in [5, 5.41) is 0. The quantitative estimate of drug-likeness (QED) is 0.328. The Labute approximate surface area is 212 Å². The first kappa shape index (κ1) is 29.5. The predicted octanol–water partition coefficient (Wildman–Crippen LogP) is 0. The minimum absolute atomic E-state index is 0. The fourth-order valence-corrected chi connectivity index (χ4v) is 0. The summed E-state index contributed by atoms with van der Waals surface area (Å²) >= 11 is 0. The van der Waals surface area contributed by atoms with Gasteiger partial charge in [-0.25, -0.2) is 0 Å². The van der Waals surface area contributed by atoms with Crippen molar-refractivity contribution in [3.8, 4) is 0 Å². The first-order valence-electron chi connectivity index (χ1n) is 0. The van der Waals surface area contributed by atoms with Gasteiger partial charge >= 0.3 is 0 Å². The first-order valence-corrected chi connectivity index (χ1v) is 0. The normalized spacial score (nSPS) is 0. The molecule has 0 spiro atoms. The second kappa shape index (κ2) is 22.5. The molecular weight excluding hydrogens is 750 g/mol. The van der Waals surface area contributed by atoms with Crippen LogP contribution in [0.3, 0.4) is 0 Å². The van der Waals surface area contributed by atoms with Gasteiger partial charge in [0.1, 0.15) is 0 Å². The third-order valence-electron chi connectivity index (χ3n) is 0. The van der Waals surface area contributed by atoms with Gasteiger partial charge in [0.05, 0.1) is 0 Å². The molecule has 5 heteroatoms. The molecule has 0 N–H and O–H groups in total. The van der Waals surface area contributed by atoms with E-state index in [1.165, 1.54) is 0 Å². The van der Waals surface area contributed by atoms with Crippen molar-refractivity contribution in [2.75, 3.05) is 0 Å². The van der Waals surface area contributed by atoms with E-state index in [0.717, 1.165) is 0 Å². The van der Waals surface area contributed by atoms with Gasteiger partial charge < -0.3 is 0 Å². The summed E-state index contributed by atoms with van der Waals surface area (Å²) in [6.07, 6.45) is 0. The number of hydrogen-bond acceptors (Lipinski definition) is 0. The number of hydrogen-bond donors (Lipinski definition) is 0. The van der Waals surface area contributed by atoms with Crippen LogP contribution in [0, 0.1) is 220 Å². The number of rotatable bonds is 0. The van der Waals surface area contributed by atoms with Crippen molar-refractivity contribution < 1.29 is 220 Å². The van der Waals surface area contributed by atoms with Crippen molar-refractivity contribution in [1.82, 2.24) is 0 Å². The molecule has 0 fully saturated rings. The Balaban J connectivity index is 0. The molecule has 5 heavy (non-hydrogen) atoms. The van der Waals surface area contributed by atoms with Gasteiger partial charge in [0.15, 0.2) is 0 Å². The van der Waals surface area contributed by atoms with Crippen LogP contribution in [0.25, 0.3) is 0 Å². The smallest absolute Gasteiger partial charge is 0 e. The molecule has 0 bridgehead atoms. The average Bonchev–Trinajstić information content (AvgIpc) is 0. The predicted molar refractivity (Wildman–Crippen MR) is 0 cm³/mol. The van der Waals surface area contributed by atoms with Crippen molar-refractivity contribution in [1.29, 1.82) is 0 Å². The fourth-order valence-electron chi connectivity index (χ4n) is 0. The van der Waals surface area contributed by atoms with Crippen LogP contribution in [0.4, 0.5) is 0 Å². The SMILES string of the molecule is [Ce].[Eu].[Nd].[Pr].[Yb]. The van der Waals surface area contributed by atoms with Crippen LogP contribution in [-0.4, -0.2) is 0 Å². The molecule has 0 saturated carbocycles. The first-order chi connectivity index (χ1) is 0. The van der Waals surface area contributed by atoms with Gasteiger partial charge in [-0.1, -0.05) is 0 Å². The standard InChI is InChI=1S/Ce.Eu.Nd.Pr.Yb. The van der Waals surface area contributed by atoms with Gasteiger partial charge in [-0.3, -0.25) is 0 Å². The van der Waals surface area contributed by atoms with Crippen LogP contribution in [0.15, 0.2) is 0 Å². The summed E-state index contributed by atoms with van der Waals surface area (Å²) < 4.78 is 0. The van der Waals surface area contributed by atoms with Crippen LogP contribution in [0.5, 0.6) is 0 Å². The summed E-state index contributed by atoms with van der Waals surface area (Å²) in [5.74, 6) is 0. The van der Waals surface area contributed by atoms with Crippen LogP contribution < -0.4 is 0 Å². The average molecular weight is 750 g/mol. The van der Waals surface area contributed by atoms with Gasteiger partial charge in [-0.2, -0.15) is 0 Å². The molecule has 0 aliphatic rings. The Kier molecular flexibility index (Phi) is 133. The minimum atomic E-state index is 0. The third-order valence-corrected chi connectivity index (χ3v) is 0. The van der Waals surface area contributed by atoms with Crippen LogP contribution in [0.2, 0.25) is 0 Å².